The van der Waals surface area contributed by atoms with Crippen molar-refractivity contribution < 1.29 is 33.3 Å². The minimum atomic E-state index is -3.02. The molecule has 0 saturated heterocycles. The van der Waals surface area contributed by atoms with Gasteiger partial charge in [-0.2, -0.15) is 8.78 Å². The quantitative estimate of drug-likeness (QED) is 0.432. The Balaban J connectivity index is 1.80. The smallest absolute Gasteiger partial charge is 0.387 e. The second-order valence-electron chi connectivity index (χ2n) is 6.10. The Kier molecular flexibility index (Phi) is 6.59. The topological polar surface area (TPSA) is 130 Å². The molecule has 4 N–H and O–H groups in total. The lowest BCUT2D eigenvalue weighted by atomic mass is 10.1. The zero-order valence-corrected chi connectivity index (χ0v) is 15.7. The molecule has 12 heteroatoms. The van der Waals surface area contributed by atoms with Gasteiger partial charge in [-0.25, -0.2) is 14.3 Å². The summed E-state index contributed by atoms with van der Waals surface area (Å²) in [7, 11) is 1.30. The summed E-state index contributed by atoms with van der Waals surface area (Å²) in [5.74, 6) is -0.00603. The van der Waals surface area contributed by atoms with Crippen LogP contribution < -0.4 is 20.1 Å². The lowest BCUT2D eigenvalue weighted by molar-refractivity contribution is -0.0515. The van der Waals surface area contributed by atoms with Crippen LogP contribution in [0.3, 0.4) is 0 Å². The van der Waals surface area contributed by atoms with Gasteiger partial charge in [-0.15, -0.1) is 5.10 Å². The summed E-state index contributed by atoms with van der Waals surface area (Å²) in [6.45, 7) is -3.61. The van der Waals surface area contributed by atoms with Gasteiger partial charge in [0.2, 0.25) is 0 Å². The van der Waals surface area contributed by atoms with Crippen LogP contribution in [0.15, 0.2) is 36.7 Å². The molecule has 1 atom stereocenters. The molecule has 0 radical (unpaired) electrons. The van der Waals surface area contributed by atoms with Crippen molar-refractivity contribution in [2.45, 2.75) is 12.7 Å². The van der Waals surface area contributed by atoms with Crippen LogP contribution in [0, 0.1) is 0 Å². The number of halogens is 2. The number of carbonyl (C=O) groups is 1. The van der Waals surface area contributed by atoms with E-state index in [-0.39, 0.29) is 24.0 Å². The average molecular weight is 423 g/mol. The Morgan fingerprint density at radius 1 is 1.30 bits per heavy atom. The van der Waals surface area contributed by atoms with E-state index in [2.05, 4.69) is 25.5 Å². The van der Waals surface area contributed by atoms with Crippen LogP contribution >= 0.6 is 0 Å². The van der Waals surface area contributed by atoms with Crippen molar-refractivity contribution in [3.8, 4) is 22.8 Å². The first-order chi connectivity index (χ1) is 14.4. The minimum Gasteiger partial charge on any atom is -0.478 e. The van der Waals surface area contributed by atoms with Crippen molar-refractivity contribution in [1.82, 2.24) is 19.9 Å². The van der Waals surface area contributed by atoms with Gasteiger partial charge < -0.3 is 25.0 Å². The number of alkyl halides is 2. The van der Waals surface area contributed by atoms with E-state index in [0.717, 1.165) is 0 Å². The first kappa shape index (κ1) is 21.2. The van der Waals surface area contributed by atoms with Crippen molar-refractivity contribution in [3.05, 3.63) is 36.7 Å². The van der Waals surface area contributed by atoms with Crippen molar-refractivity contribution in [2.75, 3.05) is 25.6 Å². The molecular formula is C18H19F2N5O5. The predicted octanol–water partition coefficient (Wildman–Crippen LogP) is 1.48. The number of amides is 2. The molecule has 10 nitrogen and oxygen atoms in total. The van der Waals surface area contributed by atoms with E-state index >= 15 is 0 Å². The Morgan fingerprint density at radius 3 is 2.80 bits per heavy atom. The maximum Gasteiger partial charge on any atom is 0.387 e. The number of aliphatic hydroxyl groups excluding tert-OH is 2. The number of aromatic nitrogens is 3. The van der Waals surface area contributed by atoms with E-state index in [1.54, 1.807) is 24.4 Å². The molecule has 0 aromatic carbocycles. The van der Waals surface area contributed by atoms with Crippen LogP contribution in [-0.2, 0) is 0 Å². The summed E-state index contributed by atoms with van der Waals surface area (Å²) in [6.07, 6.45) is 2.02. The molecule has 0 bridgehead atoms. The highest BCUT2D eigenvalue weighted by atomic mass is 19.3. The number of nitrogens with zero attached hydrogens (tertiary/aromatic N) is 3. The standard InChI is InChI=1S/C18H19F2N5O5/c1-29-16-14(30-17(19)20)5-11(7-21-16)10-2-3-25-12(4-10)6-15(24-25)23-18(28)22-8-13(27)9-26/h2-7,13,17,26-27H,8-9H2,1H3,(H2,22,23,24,28)/t13-/m0/s1. The van der Waals surface area contributed by atoms with Gasteiger partial charge in [-0.1, -0.05) is 0 Å². The Hall–Kier alpha value is -3.51. The third-order valence-electron chi connectivity index (χ3n) is 3.97. The average Bonchev–Trinajstić information content (AvgIpc) is 3.12. The van der Waals surface area contributed by atoms with Gasteiger partial charge in [0.25, 0.3) is 5.88 Å². The first-order valence-corrected chi connectivity index (χ1v) is 8.72. The van der Waals surface area contributed by atoms with Crippen LogP contribution in [0.1, 0.15) is 0 Å². The highest BCUT2D eigenvalue weighted by molar-refractivity contribution is 5.89. The zero-order valence-electron chi connectivity index (χ0n) is 15.7. The zero-order chi connectivity index (χ0) is 21.7. The van der Waals surface area contributed by atoms with Crippen molar-refractivity contribution in [2.24, 2.45) is 0 Å². The molecule has 160 valence electrons. The van der Waals surface area contributed by atoms with Gasteiger partial charge in [-0.05, 0) is 23.8 Å². The number of rotatable bonds is 8. The molecule has 0 aliphatic heterocycles. The highest BCUT2D eigenvalue weighted by Gasteiger charge is 2.14. The summed E-state index contributed by atoms with van der Waals surface area (Å²) >= 11 is 0. The molecule has 0 unspecified atom stereocenters. The van der Waals surface area contributed by atoms with Crippen LogP contribution in [0.5, 0.6) is 11.6 Å². The van der Waals surface area contributed by atoms with Gasteiger partial charge in [0.15, 0.2) is 11.6 Å². The monoisotopic (exact) mass is 423 g/mol. The maximum atomic E-state index is 12.6. The van der Waals surface area contributed by atoms with Crippen LogP contribution in [0.4, 0.5) is 19.4 Å². The molecule has 2 amide bonds. The van der Waals surface area contributed by atoms with Crippen LogP contribution in [0.2, 0.25) is 0 Å². The fourth-order valence-corrected chi connectivity index (χ4v) is 2.59. The van der Waals surface area contributed by atoms with E-state index in [1.165, 1.54) is 23.9 Å². The summed E-state index contributed by atoms with van der Waals surface area (Å²) in [4.78, 5) is 15.8. The second kappa shape index (κ2) is 9.33. The molecule has 3 aromatic rings. The molecule has 30 heavy (non-hydrogen) atoms. The SMILES string of the molecule is COc1ncc(-c2ccn3nc(NC(=O)NC[C@H](O)CO)cc3c2)cc1OC(F)F. The number of pyridine rings is 2. The molecule has 3 heterocycles. The number of nitrogens with one attached hydrogen (secondary N) is 2. The van der Waals surface area contributed by atoms with Crippen molar-refractivity contribution >= 4 is 17.4 Å². The normalized spacial score (nSPS) is 12.1. The molecular weight excluding hydrogens is 404 g/mol. The van der Waals surface area contributed by atoms with Crippen LogP contribution in [-0.4, -0.2) is 63.8 Å². The minimum absolute atomic E-state index is 0.0618. The Morgan fingerprint density at radius 2 is 2.10 bits per heavy atom. The Labute approximate surface area is 169 Å². The van der Waals surface area contributed by atoms with E-state index in [4.69, 9.17) is 9.84 Å². The number of anilines is 1. The fraction of sp³-hybridized carbons (Fsp3) is 0.278. The Bertz CT molecular complexity index is 1030. The van der Waals surface area contributed by atoms with Crippen molar-refractivity contribution in [1.29, 1.82) is 0 Å². The van der Waals surface area contributed by atoms with E-state index in [9.17, 15) is 18.7 Å². The largest absolute Gasteiger partial charge is 0.478 e. The molecule has 0 spiro atoms. The van der Waals surface area contributed by atoms with Crippen LogP contribution in [0.25, 0.3) is 16.6 Å². The third kappa shape index (κ3) is 5.10. The second-order valence-corrected chi connectivity index (χ2v) is 6.10. The maximum absolute atomic E-state index is 12.6. The third-order valence-corrected chi connectivity index (χ3v) is 3.97. The summed E-state index contributed by atoms with van der Waals surface area (Å²) in [6, 6.07) is 5.80. The van der Waals surface area contributed by atoms with E-state index in [0.29, 0.717) is 16.6 Å². The molecule has 3 aromatic heterocycles. The number of carbonyl (C=O) groups excluding carboxylic acids is 1. The molecule has 0 aliphatic rings. The molecule has 0 fully saturated rings. The van der Waals surface area contributed by atoms with Crippen molar-refractivity contribution in [3.63, 3.8) is 0 Å². The fourth-order valence-electron chi connectivity index (χ4n) is 2.59. The van der Waals surface area contributed by atoms with Gasteiger partial charge >= 0.3 is 12.6 Å². The predicted molar refractivity (Wildman–Crippen MR) is 102 cm³/mol. The van der Waals surface area contributed by atoms with Gasteiger partial charge in [0.05, 0.1) is 25.3 Å². The van der Waals surface area contributed by atoms with Gasteiger partial charge in [0.1, 0.15) is 0 Å². The number of urea groups is 1. The molecule has 3 rings (SSSR count). The number of hydrogen-bond acceptors (Lipinski definition) is 7. The summed E-state index contributed by atoms with van der Waals surface area (Å²) in [5.41, 5.74) is 1.78. The first-order valence-electron chi connectivity index (χ1n) is 8.72. The summed E-state index contributed by atoms with van der Waals surface area (Å²) in [5, 5.41) is 27.1. The summed E-state index contributed by atoms with van der Waals surface area (Å²) < 4.78 is 36.1. The molecule has 0 aliphatic carbocycles. The lowest BCUT2D eigenvalue weighted by Gasteiger charge is -2.10. The van der Waals surface area contributed by atoms with E-state index in [1.807, 2.05) is 0 Å². The van der Waals surface area contributed by atoms with E-state index < -0.39 is 25.4 Å². The number of fused-ring (bicyclic) bond motifs is 1. The number of ether oxygens (including phenoxy) is 2. The number of hydrogen-bond donors (Lipinski definition) is 4. The van der Waals surface area contributed by atoms with Gasteiger partial charge in [-0.3, -0.25) is 5.32 Å². The number of methoxy groups -OCH3 is 1. The highest BCUT2D eigenvalue weighted by Crippen LogP contribution is 2.31. The lowest BCUT2D eigenvalue weighted by Crippen LogP contribution is -2.36. The number of aliphatic hydroxyl groups is 2. The van der Waals surface area contributed by atoms with Gasteiger partial charge in [0, 0.05) is 30.6 Å². The molecule has 0 saturated carbocycles.